The van der Waals surface area contributed by atoms with Gasteiger partial charge in [0.15, 0.2) is 11.6 Å². The highest BCUT2D eigenvalue weighted by molar-refractivity contribution is 6.43. The van der Waals surface area contributed by atoms with Crippen LogP contribution in [0.4, 0.5) is 4.39 Å². The Bertz CT molecular complexity index is 649. The van der Waals surface area contributed by atoms with Crippen LogP contribution in [0.3, 0.4) is 0 Å². The lowest BCUT2D eigenvalue weighted by atomic mass is 10.2. The highest BCUT2D eigenvalue weighted by atomic mass is 35.5. The van der Waals surface area contributed by atoms with E-state index in [9.17, 15) is 4.39 Å². The maximum absolute atomic E-state index is 14.0. The van der Waals surface area contributed by atoms with Gasteiger partial charge in [-0.3, -0.25) is 0 Å². The van der Waals surface area contributed by atoms with Crippen LogP contribution < -0.4 is 10.1 Å². The molecule has 2 aromatic rings. The van der Waals surface area contributed by atoms with Crippen LogP contribution in [0.2, 0.25) is 15.1 Å². The number of hydrogen-bond acceptors (Lipinski definition) is 2. The van der Waals surface area contributed by atoms with Gasteiger partial charge < -0.3 is 10.1 Å². The Morgan fingerprint density at radius 1 is 1.10 bits per heavy atom. The quantitative estimate of drug-likeness (QED) is 0.701. The molecule has 0 saturated carbocycles. The van der Waals surface area contributed by atoms with Gasteiger partial charge in [-0.05, 0) is 18.7 Å². The van der Waals surface area contributed by atoms with Crippen molar-refractivity contribution in [3.63, 3.8) is 0 Å². The van der Waals surface area contributed by atoms with E-state index < -0.39 is 5.82 Å². The molecule has 0 aliphatic rings. The first-order valence-corrected chi connectivity index (χ1v) is 7.46. The molecule has 2 rings (SSSR count). The van der Waals surface area contributed by atoms with Gasteiger partial charge in [-0.15, -0.1) is 0 Å². The van der Waals surface area contributed by atoms with E-state index in [2.05, 4.69) is 5.32 Å². The first kappa shape index (κ1) is 16.4. The van der Waals surface area contributed by atoms with Crippen molar-refractivity contribution in [2.24, 2.45) is 0 Å². The third-order valence-corrected chi connectivity index (χ3v) is 3.82. The van der Waals surface area contributed by atoms with Crippen molar-refractivity contribution < 1.29 is 9.13 Å². The van der Waals surface area contributed by atoms with Gasteiger partial charge >= 0.3 is 0 Å². The SMILES string of the molecule is CCNCc1cccc(F)c1Oc1cc(Cl)c(Cl)cc1Cl. The molecule has 0 spiro atoms. The van der Waals surface area contributed by atoms with Crippen LogP contribution in [0.5, 0.6) is 11.5 Å². The van der Waals surface area contributed by atoms with Crippen molar-refractivity contribution in [1.82, 2.24) is 5.32 Å². The molecule has 2 nitrogen and oxygen atoms in total. The monoisotopic (exact) mass is 347 g/mol. The summed E-state index contributed by atoms with van der Waals surface area (Å²) in [6.45, 7) is 3.22. The number of para-hydroxylation sites is 1. The second-order valence-electron chi connectivity index (χ2n) is 4.31. The second-order valence-corrected chi connectivity index (χ2v) is 5.53. The van der Waals surface area contributed by atoms with E-state index in [1.165, 1.54) is 18.2 Å². The first-order valence-electron chi connectivity index (χ1n) is 6.33. The predicted molar refractivity (Wildman–Crippen MR) is 85.3 cm³/mol. The highest BCUT2D eigenvalue weighted by Gasteiger charge is 2.14. The van der Waals surface area contributed by atoms with E-state index in [0.29, 0.717) is 22.2 Å². The molecule has 0 radical (unpaired) electrons. The fourth-order valence-corrected chi connectivity index (χ4v) is 2.33. The van der Waals surface area contributed by atoms with Crippen LogP contribution in [0.15, 0.2) is 30.3 Å². The van der Waals surface area contributed by atoms with Gasteiger partial charge in [0.1, 0.15) is 5.75 Å². The van der Waals surface area contributed by atoms with Crippen molar-refractivity contribution >= 4 is 34.8 Å². The van der Waals surface area contributed by atoms with Gasteiger partial charge in [0, 0.05) is 18.2 Å². The Morgan fingerprint density at radius 3 is 2.52 bits per heavy atom. The zero-order chi connectivity index (χ0) is 15.4. The molecule has 0 saturated heterocycles. The summed E-state index contributed by atoms with van der Waals surface area (Å²) in [6.07, 6.45) is 0. The molecule has 0 heterocycles. The summed E-state index contributed by atoms with van der Waals surface area (Å²) in [5.74, 6) is -0.0832. The fraction of sp³-hybridized carbons (Fsp3) is 0.200. The van der Waals surface area contributed by atoms with Crippen LogP contribution in [0.1, 0.15) is 12.5 Å². The molecule has 1 N–H and O–H groups in total. The minimum absolute atomic E-state index is 0.124. The number of ether oxygens (including phenoxy) is 1. The lowest BCUT2D eigenvalue weighted by Gasteiger charge is -2.14. The van der Waals surface area contributed by atoms with Gasteiger partial charge in [0.25, 0.3) is 0 Å². The standard InChI is InChI=1S/C15H13Cl3FNO/c1-2-20-8-9-4-3-5-13(19)15(9)21-14-7-11(17)10(16)6-12(14)18/h3-7,20H,2,8H2,1H3. The largest absolute Gasteiger partial charge is 0.452 e. The summed E-state index contributed by atoms with van der Waals surface area (Å²) in [7, 11) is 0. The van der Waals surface area contributed by atoms with Gasteiger partial charge in [0.05, 0.1) is 15.1 Å². The maximum Gasteiger partial charge on any atom is 0.167 e. The first-order chi connectivity index (χ1) is 10.0. The Hall–Kier alpha value is -1.000. The van der Waals surface area contributed by atoms with E-state index in [1.807, 2.05) is 6.92 Å². The van der Waals surface area contributed by atoms with Gasteiger partial charge in [0.2, 0.25) is 0 Å². The highest BCUT2D eigenvalue weighted by Crippen LogP contribution is 2.38. The van der Waals surface area contributed by atoms with E-state index >= 15 is 0 Å². The number of halogens is 4. The molecule has 2 aromatic carbocycles. The summed E-state index contributed by atoms with van der Waals surface area (Å²) in [4.78, 5) is 0. The Balaban J connectivity index is 2.37. The lowest BCUT2D eigenvalue weighted by Crippen LogP contribution is -2.12. The van der Waals surface area contributed by atoms with Crippen LogP contribution in [0, 0.1) is 5.82 Å². The summed E-state index contributed by atoms with van der Waals surface area (Å²) in [5, 5.41) is 4.00. The third-order valence-electron chi connectivity index (χ3n) is 2.80. The molecule has 0 aliphatic heterocycles. The van der Waals surface area contributed by atoms with Crippen molar-refractivity contribution in [2.75, 3.05) is 6.54 Å². The Labute approximate surface area is 137 Å². The molecule has 0 amide bonds. The van der Waals surface area contributed by atoms with Crippen molar-refractivity contribution in [3.8, 4) is 11.5 Å². The molecule has 0 fully saturated rings. The van der Waals surface area contributed by atoms with Crippen LogP contribution in [0.25, 0.3) is 0 Å². The number of benzene rings is 2. The minimum Gasteiger partial charge on any atom is -0.452 e. The Morgan fingerprint density at radius 2 is 1.81 bits per heavy atom. The summed E-state index contributed by atoms with van der Waals surface area (Å²) in [5.41, 5.74) is 0.694. The minimum atomic E-state index is -0.465. The predicted octanol–water partition coefficient (Wildman–Crippen LogP) is 5.69. The summed E-state index contributed by atoms with van der Waals surface area (Å²) < 4.78 is 19.6. The van der Waals surface area contributed by atoms with E-state index in [1.54, 1.807) is 12.1 Å². The topological polar surface area (TPSA) is 21.3 Å². The molecule has 112 valence electrons. The zero-order valence-corrected chi connectivity index (χ0v) is 13.5. The molecule has 0 aromatic heterocycles. The van der Waals surface area contributed by atoms with E-state index in [4.69, 9.17) is 39.5 Å². The summed E-state index contributed by atoms with van der Waals surface area (Å²) in [6, 6.07) is 7.68. The maximum atomic E-state index is 14.0. The molecule has 0 unspecified atom stereocenters. The van der Waals surface area contributed by atoms with Crippen LogP contribution in [-0.2, 0) is 6.54 Å². The molecule has 0 aliphatic carbocycles. The zero-order valence-electron chi connectivity index (χ0n) is 11.2. The van der Waals surface area contributed by atoms with E-state index in [-0.39, 0.29) is 16.5 Å². The van der Waals surface area contributed by atoms with Gasteiger partial charge in [-0.1, -0.05) is 53.9 Å². The van der Waals surface area contributed by atoms with Gasteiger partial charge in [-0.2, -0.15) is 0 Å². The third kappa shape index (κ3) is 4.01. The van der Waals surface area contributed by atoms with Crippen molar-refractivity contribution in [2.45, 2.75) is 13.5 Å². The second kappa shape index (κ2) is 7.32. The average molecular weight is 349 g/mol. The van der Waals surface area contributed by atoms with Crippen LogP contribution >= 0.6 is 34.8 Å². The Kier molecular flexibility index (Phi) is 5.71. The molecular formula is C15H13Cl3FNO. The normalized spacial score (nSPS) is 10.7. The molecule has 0 bridgehead atoms. The van der Waals surface area contributed by atoms with Crippen molar-refractivity contribution in [1.29, 1.82) is 0 Å². The molecule has 6 heteroatoms. The fourth-order valence-electron chi connectivity index (χ4n) is 1.76. The molecule has 0 atom stereocenters. The van der Waals surface area contributed by atoms with Gasteiger partial charge in [-0.25, -0.2) is 4.39 Å². The van der Waals surface area contributed by atoms with Crippen LogP contribution in [-0.4, -0.2) is 6.54 Å². The smallest absolute Gasteiger partial charge is 0.167 e. The van der Waals surface area contributed by atoms with Crippen molar-refractivity contribution in [3.05, 3.63) is 56.8 Å². The number of hydrogen-bond donors (Lipinski definition) is 1. The lowest BCUT2D eigenvalue weighted by molar-refractivity contribution is 0.434. The number of nitrogens with one attached hydrogen (secondary N) is 1. The molecule has 21 heavy (non-hydrogen) atoms. The summed E-state index contributed by atoms with van der Waals surface area (Å²) >= 11 is 17.9. The van der Waals surface area contributed by atoms with E-state index in [0.717, 1.165) is 6.54 Å². The molecular weight excluding hydrogens is 336 g/mol. The average Bonchev–Trinajstić information content (AvgIpc) is 2.45. The number of rotatable bonds is 5.